The van der Waals surface area contributed by atoms with Crippen LogP contribution >= 0.6 is 11.6 Å². The quantitative estimate of drug-likeness (QED) is 0.818. The molecule has 27 heavy (non-hydrogen) atoms. The molecule has 0 bridgehead atoms. The van der Waals surface area contributed by atoms with Gasteiger partial charge in [0.2, 0.25) is 0 Å². The molecular weight excluding hydrogens is 366 g/mol. The Morgan fingerprint density at radius 2 is 2.00 bits per heavy atom. The zero-order valence-corrected chi connectivity index (χ0v) is 15.3. The molecule has 0 saturated heterocycles. The van der Waals surface area contributed by atoms with Crippen LogP contribution in [-0.4, -0.2) is 23.9 Å². The predicted molar refractivity (Wildman–Crippen MR) is 105 cm³/mol. The molecule has 3 rings (SSSR count). The van der Waals surface area contributed by atoms with Gasteiger partial charge in [-0.1, -0.05) is 29.8 Å². The second-order valence-electron chi connectivity index (χ2n) is 5.67. The third-order valence-electron chi connectivity index (χ3n) is 3.84. The monoisotopic (exact) mass is 382 g/mol. The minimum atomic E-state index is -0.430. The fourth-order valence-corrected chi connectivity index (χ4v) is 2.57. The lowest BCUT2D eigenvalue weighted by atomic mass is 10.1. The number of aromatic nitrogens is 1. The molecule has 1 heterocycles. The van der Waals surface area contributed by atoms with Gasteiger partial charge in [-0.2, -0.15) is 0 Å². The van der Waals surface area contributed by atoms with Crippen LogP contribution < -0.4 is 15.4 Å². The topological polar surface area (TPSA) is 80.3 Å². The number of carbonyl (C=O) groups excluding carboxylic acids is 2. The van der Waals surface area contributed by atoms with Crippen molar-refractivity contribution in [3.8, 4) is 5.75 Å². The number of hydrogen-bond donors (Lipinski definition) is 2. The molecule has 2 N–H and O–H groups in total. The van der Waals surface area contributed by atoms with Crippen LogP contribution in [0, 0.1) is 6.42 Å². The molecule has 1 aromatic carbocycles. The van der Waals surface area contributed by atoms with Crippen molar-refractivity contribution in [2.24, 2.45) is 0 Å². The molecule has 1 aromatic heterocycles. The summed E-state index contributed by atoms with van der Waals surface area (Å²) >= 11 is 5.81. The maximum Gasteiger partial charge on any atom is 0.259 e. The van der Waals surface area contributed by atoms with Crippen molar-refractivity contribution in [2.75, 3.05) is 17.7 Å². The van der Waals surface area contributed by atoms with Crippen molar-refractivity contribution in [2.45, 2.75) is 6.42 Å². The number of hydrogen-bond acceptors (Lipinski definition) is 4. The number of amides is 2. The van der Waals surface area contributed by atoms with E-state index in [9.17, 15) is 9.59 Å². The fraction of sp³-hybridized carbons (Fsp3) is 0.100. The first kappa shape index (κ1) is 18.7. The maximum atomic E-state index is 12.7. The van der Waals surface area contributed by atoms with Crippen LogP contribution in [0.1, 0.15) is 16.8 Å². The first-order valence-electron chi connectivity index (χ1n) is 8.19. The van der Waals surface area contributed by atoms with Gasteiger partial charge in [-0.15, -0.1) is 0 Å². The number of nitrogens with one attached hydrogen (secondary N) is 2. The molecule has 7 heteroatoms. The molecule has 2 amide bonds. The zero-order chi connectivity index (χ0) is 19.2. The van der Waals surface area contributed by atoms with Gasteiger partial charge in [-0.3, -0.25) is 9.59 Å². The van der Waals surface area contributed by atoms with E-state index in [1.165, 1.54) is 13.3 Å². The minimum Gasteiger partial charge on any atom is -0.497 e. The van der Waals surface area contributed by atoms with E-state index < -0.39 is 5.91 Å². The van der Waals surface area contributed by atoms with Crippen molar-refractivity contribution >= 4 is 34.9 Å². The van der Waals surface area contributed by atoms with Crippen LogP contribution in [0.4, 0.5) is 11.5 Å². The first-order chi connectivity index (χ1) is 13.1. The van der Waals surface area contributed by atoms with Gasteiger partial charge in [0.1, 0.15) is 11.6 Å². The number of carbonyl (C=O) groups is 2. The number of pyridine rings is 1. The number of anilines is 2. The van der Waals surface area contributed by atoms with Crippen LogP contribution in [0.2, 0.25) is 5.02 Å². The Balaban J connectivity index is 1.84. The normalized spacial score (nSPS) is 12.9. The molecule has 0 fully saturated rings. The average molecular weight is 383 g/mol. The largest absolute Gasteiger partial charge is 0.497 e. The number of allylic oxidation sites excluding steroid dienone is 2. The second-order valence-corrected chi connectivity index (χ2v) is 6.11. The Morgan fingerprint density at radius 1 is 1.15 bits per heavy atom. The summed E-state index contributed by atoms with van der Waals surface area (Å²) in [5, 5.41) is 5.92. The molecule has 0 atom stereocenters. The lowest BCUT2D eigenvalue weighted by Gasteiger charge is -2.14. The molecule has 6 nitrogen and oxygen atoms in total. The van der Waals surface area contributed by atoms with E-state index in [1.54, 1.807) is 36.4 Å². The number of methoxy groups -OCH3 is 1. The van der Waals surface area contributed by atoms with Gasteiger partial charge in [0.05, 0.1) is 23.4 Å². The first-order valence-corrected chi connectivity index (χ1v) is 8.57. The van der Waals surface area contributed by atoms with Gasteiger partial charge in [0.25, 0.3) is 11.8 Å². The van der Waals surface area contributed by atoms with Gasteiger partial charge in [0, 0.05) is 11.8 Å². The highest BCUT2D eigenvalue weighted by atomic mass is 35.5. The Bertz CT molecular complexity index is 921. The van der Waals surface area contributed by atoms with E-state index >= 15 is 0 Å². The van der Waals surface area contributed by atoms with Crippen molar-refractivity contribution in [3.05, 3.63) is 77.3 Å². The third kappa shape index (κ3) is 4.74. The van der Waals surface area contributed by atoms with E-state index in [0.717, 1.165) is 0 Å². The Morgan fingerprint density at radius 3 is 2.67 bits per heavy atom. The summed E-state index contributed by atoms with van der Waals surface area (Å²) in [6, 6.07) is 8.07. The molecule has 0 unspecified atom stereocenters. The maximum absolute atomic E-state index is 12.7. The number of rotatable bonds is 5. The predicted octanol–water partition coefficient (Wildman–Crippen LogP) is 4.02. The fourth-order valence-electron chi connectivity index (χ4n) is 2.46. The van der Waals surface area contributed by atoms with E-state index in [-0.39, 0.29) is 11.5 Å². The molecule has 1 aliphatic carbocycles. The summed E-state index contributed by atoms with van der Waals surface area (Å²) in [4.78, 5) is 29.2. The highest BCUT2D eigenvalue weighted by molar-refractivity contribution is 6.30. The zero-order valence-electron chi connectivity index (χ0n) is 14.5. The lowest BCUT2D eigenvalue weighted by Crippen LogP contribution is -2.19. The summed E-state index contributed by atoms with van der Waals surface area (Å²) in [7, 11) is 1.50. The molecule has 137 valence electrons. The van der Waals surface area contributed by atoms with Crippen molar-refractivity contribution in [1.82, 2.24) is 4.98 Å². The smallest absolute Gasteiger partial charge is 0.259 e. The third-order valence-corrected chi connectivity index (χ3v) is 4.06. The summed E-state index contributed by atoms with van der Waals surface area (Å²) in [6.07, 6.45) is 9.43. The standard InChI is InChI=1S/C20H17ClN3O3/c1-27-15-8-9-17(23-19(25)13-5-3-2-4-6-13)16(11-15)20(26)24-18-10-7-14(21)12-22-18/h2-3,5-12H,4H2,1H3,(H,23,25)(H,22,24,26). The molecule has 2 aromatic rings. The van der Waals surface area contributed by atoms with Crippen molar-refractivity contribution in [1.29, 1.82) is 0 Å². The van der Waals surface area contributed by atoms with Gasteiger partial charge < -0.3 is 15.4 Å². The van der Waals surface area contributed by atoms with E-state index in [1.807, 2.05) is 18.6 Å². The highest BCUT2D eigenvalue weighted by Gasteiger charge is 2.17. The van der Waals surface area contributed by atoms with Gasteiger partial charge in [0.15, 0.2) is 0 Å². The molecule has 1 radical (unpaired) electrons. The van der Waals surface area contributed by atoms with E-state index in [0.29, 0.717) is 34.3 Å². The SMILES string of the molecule is COc1ccc(NC(=O)C2=CC[CH]C=C2)c(C(=O)Nc2ccc(Cl)cn2)c1. The van der Waals surface area contributed by atoms with Crippen molar-refractivity contribution < 1.29 is 14.3 Å². The van der Waals surface area contributed by atoms with Gasteiger partial charge in [-0.25, -0.2) is 4.98 Å². The van der Waals surface area contributed by atoms with Crippen molar-refractivity contribution in [3.63, 3.8) is 0 Å². The molecular formula is C20H17ClN3O3. The second kappa shape index (κ2) is 8.51. The van der Waals surface area contributed by atoms with Crippen LogP contribution in [0.25, 0.3) is 0 Å². The minimum absolute atomic E-state index is 0.256. The Kier molecular flexibility index (Phi) is 5.88. The van der Waals surface area contributed by atoms with E-state index in [4.69, 9.17) is 16.3 Å². The summed E-state index contributed by atoms with van der Waals surface area (Å²) in [5.41, 5.74) is 1.17. The average Bonchev–Trinajstić information content (AvgIpc) is 2.70. The summed E-state index contributed by atoms with van der Waals surface area (Å²) < 4.78 is 5.19. The van der Waals surface area contributed by atoms with Gasteiger partial charge in [-0.05, 0) is 43.2 Å². The number of ether oxygens (including phenoxy) is 1. The molecule has 0 saturated carbocycles. The number of nitrogens with zero attached hydrogens (tertiary/aromatic N) is 1. The Hall–Kier alpha value is -3.12. The molecule has 0 spiro atoms. The number of halogens is 1. The van der Waals surface area contributed by atoms with Crippen LogP contribution in [-0.2, 0) is 4.79 Å². The lowest BCUT2D eigenvalue weighted by molar-refractivity contribution is -0.112. The number of benzene rings is 1. The van der Waals surface area contributed by atoms with Crippen LogP contribution in [0.3, 0.4) is 0 Å². The van der Waals surface area contributed by atoms with Crippen LogP contribution in [0.15, 0.2) is 60.3 Å². The molecule has 1 aliphatic rings. The van der Waals surface area contributed by atoms with Gasteiger partial charge >= 0.3 is 0 Å². The summed E-state index contributed by atoms with van der Waals surface area (Å²) in [6.45, 7) is 0. The van der Waals surface area contributed by atoms with E-state index in [2.05, 4.69) is 15.6 Å². The summed E-state index contributed by atoms with van der Waals surface area (Å²) in [5.74, 6) is 0.121. The van der Waals surface area contributed by atoms with Crippen LogP contribution in [0.5, 0.6) is 5.75 Å². The Labute approximate surface area is 161 Å². The highest BCUT2D eigenvalue weighted by Crippen LogP contribution is 2.24. The molecule has 0 aliphatic heterocycles.